The first-order chi connectivity index (χ1) is 10.2. The van der Waals surface area contributed by atoms with Crippen molar-refractivity contribution in [3.63, 3.8) is 0 Å². The third-order valence-electron chi connectivity index (χ3n) is 2.61. The summed E-state index contributed by atoms with van der Waals surface area (Å²) in [5.74, 6) is 0.472. The van der Waals surface area contributed by atoms with Crippen molar-refractivity contribution in [2.75, 3.05) is 13.4 Å². The molecule has 2 aromatic rings. The zero-order chi connectivity index (χ0) is 15.2. The number of thioether (sulfide) groups is 1. The van der Waals surface area contributed by atoms with Crippen molar-refractivity contribution in [1.29, 1.82) is 5.26 Å². The summed E-state index contributed by atoms with van der Waals surface area (Å²) >= 11 is 2.56. The maximum Gasteiger partial charge on any atom is 0.177 e. The summed E-state index contributed by atoms with van der Waals surface area (Å²) < 4.78 is 9.17. The summed E-state index contributed by atoms with van der Waals surface area (Å²) in [6.45, 7) is 0.327. The SMILES string of the molecule is COc1cc(CN=Nc2snc(SC)c2C#N)ccc1O. The molecule has 0 fully saturated rings. The molecule has 0 atom stereocenters. The quantitative estimate of drug-likeness (QED) is 0.669. The van der Waals surface area contributed by atoms with E-state index in [0.29, 0.717) is 27.9 Å². The molecule has 0 unspecified atom stereocenters. The van der Waals surface area contributed by atoms with Crippen LogP contribution in [-0.2, 0) is 6.54 Å². The van der Waals surface area contributed by atoms with Gasteiger partial charge in [-0.25, -0.2) is 0 Å². The topological polar surface area (TPSA) is 90.9 Å². The van der Waals surface area contributed by atoms with Gasteiger partial charge in [0.25, 0.3) is 0 Å². The monoisotopic (exact) mass is 320 g/mol. The minimum Gasteiger partial charge on any atom is -0.504 e. The summed E-state index contributed by atoms with van der Waals surface area (Å²) in [6.07, 6.45) is 1.86. The van der Waals surface area contributed by atoms with Crippen LogP contribution in [0.25, 0.3) is 0 Å². The molecule has 0 amide bonds. The molecule has 1 aromatic carbocycles. The Morgan fingerprint density at radius 3 is 3.00 bits per heavy atom. The van der Waals surface area contributed by atoms with Gasteiger partial charge in [0.15, 0.2) is 16.5 Å². The van der Waals surface area contributed by atoms with Gasteiger partial charge in [-0.15, -0.1) is 16.9 Å². The molecular weight excluding hydrogens is 308 g/mol. The smallest absolute Gasteiger partial charge is 0.177 e. The number of nitrogens with zero attached hydrogens (tertiary/aromatic N) is 4. The molecular formula is C13H12N4O2S2. The zero-order valence-electron chi connectivity index (χ0n) is 11.4. The second-order valence-corrected chi connectivity index (χ2v) is 5.44. The molecule has 8 heteroatoms. The lowest BCUT2D eigenvalue weighted by molar-refractivity contribution is 0.373. The molecule has 2 rings (SSSR count). The molecule has 0 radical (unpaired) electrons. The predicted octanol–water partition coefficient (Wildman–Crippen LogP) is 3.73. The van der Waals surface area contributed by atoms with E-state index in [2.05, 4.69) is 20.7 Å². The Labute approximate surface area is 130 Å². The van der Waals surface area contributed by atoms with Gasteiger partial charge < -0.3 is 9.84 Å². The van der Waals surface area contributed by atoms with Crippen molar-refractivity contribution >= 4 is 28.3 Å². The number of methoxy groups -OCH3 is 1. The summed E-state index contributed by atoms with van der Waals surface area (Å²) in [4.78, 5) is 0. The number of phenols is 1. The standard InChI is InChI=1S/C13H12N4O2S2/c1-19-11-5-8(3-4-10(11)18)7-15-16-12-9(6-14)13(20-2)17-21-12/h3-5,18H,7H2,1-2H3. The highest BCUT2D eigenvalue weighted by Gasteiger charge is 2.12. The largest absolute Gasteiger partial charge is 0.504 e. The van der Waals surface area contributed by atoms with E-state index in [1.54, 1.807) is 18.2 Å². The number of phenolic OH excluding ortho intramolecular Hbond substituents is 1. The van der Waals surface area contributed by atoms with Crippen LogP contribution in [0, 0.1) is 11.3 Å². The number of azo groups is 1. The molecule has 1 aromatic heterocycles. The van der Waals surface area contributed by atoms with Gasteiger partial charge >= 0.3 is 0 Å². The third-order valence-corrected chi connectivity index (χ3v) is 4.14. The van der Waals surface area contributed by atoms with E-state index in [4.69, 9.17) is 10.00 Å². The Morgan fingerprint density at radius 1 is 1.52 bits per heavy atom. The Morgan fingerprint density at radius 2 is 2.33 bits per heavy atom. The van der Waals surface area contributed by atoms with E-state index in [1.807, 2.05) is 6.26 Å². The maximum absolute atomic E-state index is 9.51. The second kappa shape index (κ2) is 7.06. The van der Waals surface area contributed by atoms with Crippen LogP contribution in [0.1, 0.15) is 11.1 Å². The number of rotatable bonds is 5. The molecule has 0 spiro atoms. The van der Waals surface area contributed by atoms with Crippen LogP contribution in [0.4, 0.5) is 5.00 Å². The van der Waals surface area contributed by atoms with E-state index in [-0.39, 0.29) is 5.75 Å². The van der Waals surface area contributed by atoms with Gasteiger partial charge in [-0.05, 0) is 35.5 Å². The lowest BCUT2D eigenvalue weighted by atomic mass is 10.2. The van der Waals surface area contributed by atoms with Crippen molar-refractivity contribution in [3.05, 3.63) is 29.3 Å². The molecule has 1 N–H and O–H groups in total. The predicted molar refractivity (Wildman–Crippen MR) is 81.5 cm³/mol. The van der Waals surface area contributed by atoms with E-state index >= 15 is 0 Å². The number of ether oxygens (including phenoxy) is 1. The van der Waals surface area contributed by atoms with Crippen molar-refractivity contribution < 1.29 is 9.84 Å². The molecule has 21 heavy (non-hydrogen) atoms. The summed E-state index contributed by atoms with van der Waals surface area (Å²) in [6, 6.07) is 7.07. The van der Waals surface area contributed by atoms with Crippen molar-refractivity contribution in [1.82, 2.24) is 4.37 Å². The summed E-state index contributed by atoms with van der Waals surface area (Å²) in [7, 11) is 1.49. The Balaban J connectivity index is 2.13. The number of nitriles is 1. The fourth-order valence-corrected chi connectivity index (χ4v) is 2.98. The normalized spacial score (nSPS) is 10.7. The molecule has 0 aliphatic heterocycles. The molecule has 0 saturated heterocycles. The highest BCUT2D eigenvalue weighted by molar-refractivity contribution is 7.98. The van der Waals surface area contributed by atoms with Crippen LogP contribution in [-0.4, -0.2) is 22.8 Å². The van der Waals surface area contributed by atoms with Gasteiger partial charge in [0, 0.05) is 0 Å². The minimum atomic E-state index is 0.0806. The third kappa shape index (κ3) is 3.51. The Kier molecular flexibility index (Phi) is 5.14. The molecule has 0 aliphatic carbocycles. The van der Waals surface area contributed by atoms with Crippen molar-refractivity contribution in [2.24, 2.45) is 10.2 Å². The first-order valence-electron chi connectivity index (χ1n) is 5.86. The number of aromatic nitrogens is 1. The minimum absolute atomic E-state index is 0.0806. The van der Waals surface area contributed by atoms with Gasteiger partial charge in [0.1, 0.15) is 16.7 Å². The maximum atomic E-state index is 9.51. The van der Waals surface area contributed by atoms with Crippen LogP contribution in [0.2, 0.25) is 0 Å². The number of hydrogen-bond donors (Lipinski definition) is 1. The van der Waals surface area contributed by atoms with Crippen molar-refractivity contribution in [3.8, 4) is 17.6 Å². The van der Waals surface area contributed by atoms with Gasteiger partial charge in [0.2, 0.25) is 0 Å². The first-order valence-corrected chi connectivity index (χ1v) is 7.86. The highest BCUT2D eigenvalue weighted by atomic mass is 32.2. The van der Waals surface area contributed by atoms with Gasteiger partial charge in [0.05, 0.1) is 13.7 Å². The van der Waals surface area contributed by atoms with Gasteiger partial charge in [-0.3, -0.25) is 0 Å². The fourth-order valence-electron chi connectivity index (χ4n) is 1.57. The fraction of sp³-hybridized carbons (Fsp3) is 0.231. The lowest BCUT2D eigenvalue weighted by Gasteiger charge is -2.04. The number of benzene rings is 1. The molecule has 0 aliphatic rings. The molecule has 6 nitrogen and oxygen atoms in total. The highest BCUT2D eigenvalue weighted by Crippen LogP contribution is 2.32. The zero-order valence-corrected chi connectivity index (χ0v) is 13.0. The van der Waals surface area contributed by atoms with Crippen LogP contribution >= 0.6 is 23.3 Å². The van der Waals surface area contributed by atoms with Gasteiger partial charge in [-0.2, -0.15) is 14.7 Å². The number of hydrogen-bond acceptors (Lipinski definition) is 8. The van der Waals surface area contributed by atoms with E-state index < -0.39 is 0 Å². The summed E-state index contributed by atoms with van der Waals surface area (Å²) in [5, 5.41) is 27.9. The van der Waals surface area contributed by atoms with Crippen molar-refractivity contribution in [2.45, 2.75) is 11.6 Å². The molecule has 0 bridgehead atoms. The summed E-state index contributed by atoms with van der Waals surface area (Å²) in [5.41, 5.74) is 1.31. The average Bonchev–Trinajstić information content (AvgIpc) is 2.91. The van der Waals surface area contributed by atoms with E-state index in [9.17, 15) is 5.11 Å². The van der Waals surface area contributed by atoms with E-state index in [1.165, 1.54) is 18.9 Å². The van der Waals surface area contributed by atoms with E-state index in [0.717, 1.165) is 17.1 Å². The Bertz CT molecular complexity index is 707. The molecule has 1 heterocycles. The van der Waals surface area contributed by atoms with Crippen LogP contribution < -0.4 is 4.74 Å². The number of aromatic hydroxyl groups is 1. The van der Waals surface area contributed by atoms with Gasteiger partial charge in [-0.1, -0.05) is 6.07 Å². The molecule has 108 valence electrons. The first kappa shape index (κ1) is 15.3. The van der Waals surface area contributed by atoms with Crippen LogP contribution in [0.3, 0.4) is 0 Å². The average molecular weight is 320 g/mol. The lowest BCUT2D eigenvalue weighted by Crippen LogP contribution is -1.86. The Hall–Kier alpha value is -2.11. The van der Waals surface area contributed by atoms with Crippen LogP contribution in [0.15, 0.2) is 33.5 Å². The second-order valence-electron chi connectivity index (χ2n) is 3.89. The van der Waals surface area contributed by atoms with Crippen LogP contribution in [0.5, 0.6) is 11.5 Å². The molecule has 0 saturated carbocycles.